The van der Waals surface area contributed by atoms with Gasteiger partial charge in [-0.1, -0.05) is 53.7 Å². The maximum Gasteiger partial charge on any atom is 0.219 e. The summed E-state index contributed by atoms with van der Waals surface area (Å²) in [6, 6.07) is 6.55. The van der Waals surface area contributed by atoms with Gasteiger partial charge in [-0.3, -0.25) is 9.69 Å². The van der Waals surface area contributed by atoms with E-state index >= 15 is 0 Å². The van der Waals surface area contributed by atoms with Gasteiger partial charge in [0.15, 0.2) is 0 Å². The third-order valence-electron chi connectivity index (χ3n) is 6.98. The predicted molar refractivity (Wildman–Crippen MR) is 131 cm³/mol. The number of benzene rings is 1. The topological polar surface area (TPSA) is 53.0 Å². The van der Waals surface area contributed by atoms with Crippen LogP contribution < -0.4 is 4.74 Å². The van der Waals surface area contributed by atoms with Crippen LogP contribution in [0.15, 0.2) is 18.2 Å². The quantitative estimate of drug-likeness (QED) is 0.601. The van der Waals surface area contributed by atoms with Crippen LogP contribution in [0.4, 0.5) is 0 Å². The first-order valence-corrected chi connectivity index (χ1v) is 11.4. The monoisotopic (exact) mass is 454 g/mol. The maximum absolute atomic E-state index is 11.5. The summed E-state index contributed by atoms with van der Waals surface area (Å²) in [6.45, 7) is 19.0. The number of hydrogen-bond donors (Lipinski definition) is 1. The zero-order chi connectivity index (χ0) is 22.5. The Morgan fingerprint density at radius 2 is 1.65 bits per heavy atom. The van der Waals surface area contributed by atoms with Crippen molar-refractivity contribution in [2.45, 2.75) is 78.2 Å². The summed E-state index contributed by atoms with van der Waals surface area (Å²) in [4.78, 5) is 15.5. The summed E-state index contributed by atoms with van der Waals surface area (Å²) in [6.07, 6.45) is 1.54. The average molecular weight is 455 g/mol. The van der Waals surface area contributed by atoms with E-state index in [2.05, 4.69) is 64.6 Å². The van der Waals surface area contributed by atoms with E-state index in [-0.39, 0.29) is 35.8 Å². The minimum absolute atomic E-state index is 0. The molecule has 0 spiro atoms. The first-order valence-electron chi connectivity index (χ1n) is 11.4. The molecule has 0 bridgehead atoms. The zero-order valence-corrected chi connectivity index (χ0v) is 21.3. The van der Waals surface area contributed by atoms with E-state index in [4.69, 9.17) is 4.74 Å². The molecule has 1 N–H and O–H groups in total. The third-order valence-corrected chi connectivity index (χ3v) is 6.98. The van der Waals surface area contributed by atoms with E-state index in [0.29, 0.717) is 6.54 Å². The van der Waals surface area contributed by atoms with E-state index in [9.17, 15) is 9.90 Å². The Hall–Kier alpha value is -1.30. The second-order valence-electron chi connectivity index (χ2n) is 9.96. The van der Waals surface area contributed by atoms with E-state index in [0.717, 1.165) is 44.8 Å². The number of nitrogens with zero attached hydrogens (tertiary/aromatic N) is 2. The molecule has 1 atom stereocenters. The predicted octanol–water partition coefficient (Wildman–Crippen LogP) is 4.39. The van der Waals surface area contributed by atoms with Gasteiger partial charge in [0, 0.05) is 45.2 Å². The molecule has 1 aliphatic heterocycles. The summed E-state index contributed by atoms with van der Waals surface area (Å²) >= 11 is 0. The zero-order valence-electron chi connectivity index (χ0n) is 20.5. The SMILES string of the molecule is CCC(C)(C)c1ccc(OCC(O)CN2CCN(C(C)=O)CC2)c(C(C)(C)CC)c1.Cl. The Kier molecular flexibility index (Phi) is 10.3. The van der Waals surface area contributed by atoms with Crippen LogP contribution in [-0.2, 0) is 15.6 Å². The van der Waals surface area contributed by atoms with Crippen LogP contribution in [0.1, 0.15) is 72.4 Å². The van der Waals surface area contributed by atoms with Gasteiger partial charge in [0.2, 0.25) is 5.91 Å². The average Bonchev–Trinajstić information content (AvgIpc) is 2.72. The van der Waals surface area contributed by atoms with Gasteiger partial charge in [-0.15, -0.1) is 12.4 Å². The van der Waals surface area contributed by atoms with Crippen molar-refractivity contribution in [2.75, 3.05) is 39.3 Å². The van der Waals surface area contributed by atoms with Gasteiger partial charge in [-0.2, -0.15) is 0 Å². The molecule has 0 aromatic heterocycles. The standard InChI is InChI=1S/C25H42N2O3.ClH/c1-8-24(4,5)20-10-11-23(22(16-20)25(6,7)9-2)30-18-21(29)17-26-12-14-27(15-13-26)19(3)28;/h10-11,16,21,29H,8-9,12-15,17-18H2,1-7H3;1H. The molecule has 0 saturated carbocycles. The van der Waals surface area contributed by atoms with Crippen LogP contribution in [0.25, 0.3) is 0 Å². The van der Waals surface area contributed by atoms with Crippen LogP contribution in [0, 0.1) is 0 Å². The van der Waals surface area contributed by atoms with Crippen LogP contribution in [-0.4, -0.2) is 66.2 Å². The van der Waals surface area contributed by atoms with Crippen molar-refractivity contribution < 1.29 is 14.6 Å². The molecule has 1 saturated heterocycles. The number of hydrogen-bond acceptors (Lipinski definition) is 4. The first-order chi connectivity index (χ1) is 14.0. The van der Waals surface area contributed by atoms with Gasteiger partial charge < -0.3 is 14.7 Å². The van der Waals surface area contributed by atoms with Crippen LogP contribution in [0.3, 0.4) is 0 Å². The molecular weight excluding hydrogens is 412 g/mol. The minimum atomic E-state index is -0.557. The number of ether oxygens (including phenoxy) is 1. The minimum Gasteiger partial charge on any atom is -0.491 e. The third kappa shape index (κ3) is 7.37. The number of aliphatic hydroxyl groups excluding tert-OH is 1. The number of carbonyl (C=O) groups is 1. The van der Waals surface area contributed by atoms with E-state index < -0.39 is 6.10 Å². The number of β-amino-alcohol motifs (C(OH)–C–C–N with tert-alkyl or cyclic N) is 1. The number of halogens is 1. The highest BCUT2D eigenvalue weighted by atomic mass is 35.5. The molecule has 31 heavy (non-hydrogen) atoms. The van der Waals surface area contributed by atoms with Gasteiger partial charge in [0.1, 0.15) is 18.5 Å². The Morgan fingerprint density at radius 1 is 1.06 bits per heavy atom. The fourth-order valence-corrected chi connectivity index (χ4v) is 3.78. The van der Waals surface area contributed by atoms with Gasteiger partial charge in [0.25, 0.3) is 0 Å². The van der Waals surface area contributed by atoms with Crippen molar-refractivity contribution in [3.05, 3.63) is 29.3 Å². The molecule has 0 aliphatic carbocycles. The highest BCUT2D eigenvalue weighted by Crippen LogP contribution is 2.38. The summed E-state index contributed by atoms with van der Waals surface area (Å²) in [5.41, 5.74) is 2.67. The molecular formula is C25H43ClN2O3. The van der Waals surface area contributed by atoms with Gasteiger partial charge in [-0.25, -0.2) is 0 Å². The molecule has 1 heterocycles. The second kappa shape index (κ2) is 11.5. The van der Waals surface area contributed by atoms with Gasteiger partial charge in [-0.05, 0) is 35.3 Å². The molecule has 1 fully saturated rings. The van der Waals surface area contributed by atoms with Gasteiger partial charge in [0.05, 0.1) is 0 Å². The van der Waals surface area contributed by atoms with E-state index in [1.54, 1.807) is 6.92 Å². The molecule has 1 amide bonds. The number of carbonyl (C=O) groups excluding carboxylic acids is 1. The summed E-state index contributed by atoms with van der Waals surface area (Å²) in [5, 5.41) is 10.6. The fourth-order valence-electron chi connectivity index (χ4n) is 3.78. The van der Waals surface area contributed by atoms with Crippen molar-refractivity contribution in [1.82, 2.24) is 9.80 Å². The van der Waals surface area contributed by atoms with Crippen molar-refractivity contribution in [1.29, 1.82) is 0 Å². The van der Waals surface area contributed by atoms with E-state index in [1.165, 1.54) is 11.1 Å². The molecule has 178 valence electrons. The van der Waals surface area contributed by atoms with Crippen LogP contribution >= 0.6 is 12.4 Å². The second-order valence-corrected chi connectivity index (χ2v) is 9.96. The lowest BCUT2D eigenvalue weighted by Gasteiger charge is -2.35. The van der Waals surface area contributed by atoms with Gasteiger partial charge >= 0.3 is 0 Å². The summed E-state index contributed by atoms with van der Waals surface area (Å²) < 4.78 is 6.15. The lowest BCUT2D eigenvalue weighted by molar-refractivity contribution is -0.130. The molecule has 2 rings (SSSR count). The molecule has 1 aliphatic rings. The molecule has 1 unspecified atom stereocenters. The highest BCUT2D eigenvalue weighted by Gasteiger charge is 2.27. The van der Waals surface area contributed by atoms with E-state index in [1.807, 2.05) is 4.90 Å². The molecule has 6 heteroatoms. The number of piperazine rings is 1. The molecule has 1 aromatic rings. The summed E-state index contributed by atoms with van der Waals surface area (Å²) in [5.74, 6) is 0.997. The van der Waals surface area contributed by atoms with Crippen molar-refractivity contribution in [3.63, 3.8) is 0 Å². The smallest absolute Gasteiger partial charge is 0.219 e. The number of amides is 1. The molecule has 5 nitrogen and oxygen atoms in total. The Balaban J connectivity index is 0.00000480. The highest BCUT2D eigenvalue weighted by molar-refractivity contribution is 5.85. The Bertz CT molecular complexity index is 713. The van der Waals surface area contributed by atoms with Crippen molar-refractivity contribution in [3.8, 4) is 5.75 Å². The fraction of sp³-hybridized carbons (Fsp3) is 0.720. The Labute approximate surface area is 195 Å². The maximum atomic E-state index is 11.5. The lowest BCUT2D eigenvalue weighted by Crippen LogP contribution is -2.50. The van der Waals surface area contributed by atoms with Crippen LogP contribution in [0.2, 0.25) is 0 Å². The first kappa shape index (κ1) is 27.7. The lowest BCUT2D eigenvalue weighted by atomic mass is 9.76. The molecule has 0 radical (unpaired) electrons. The van der Waals surface area contributed by atoms with Crippen LogP contribution in [0.5, 0.6) is 5.75 Å². The summed E-state index contributed by atoms with van der Waals surface area (Å²) in [7, 11) is 0. The number of aliphatic hydroxyl groups is 1. The van der Waals surface area contributed by atoms with Crippen molar-refractivity contribution in [2.24, 2.45) is 0 Å². The number of rotatable bonds is 9. The molecule has 1 aromatic carbocycles. The normalized spacial score (nSPS) is 16.6. The van der Waals surface area contributed by atoms with Crippen molar-refractivity contribution >= 4 is 18.3 Å². The largest absolute Gasteiger partial charge is 0.491 e. The Morgan fingerprint density at radius 3 is 2.16 bits per heavy atom.